The predicted octanol–water partition coefficient (Wildman–Crippen LogP) is 3.78. The molecule has 0 heterocycles. The molecule has 0 unspecified atom stereocenters. The van der Waals surface area contributed by atoms with Crippen LogP contribution in [0.25, 0.3) is 0 Å². The van der Waals surface area contributed by atoms with Crippen LogP contribution < -0.4 is 0 Å². The maximum Gasteiger partial charge on any atom is 0.354 e. The van der Waals surface area contributed by atoms with E-state index in [0.29, 0.717) is 10.5 Å². The third kappa shape index (κ3) is 4.34. The van der Waals surface area contributed by atoms with Crippen LogP contribution in [-0.2, 0) is 13.6 Å². The van der Waals surface area contributed by atoms with Crippen LogP contribution in [0.1, 0.15) is 6.92 Å². The van der Waals surface area contributed by atoms with E-state index in [1.54, 1.807) is 6.92 Å². The molecule has 0 fully saturated rings. The Hall–Kier alpha value is 0.270. The molecule has 0 aliphatic rings. The molecule has 0 N–H and O–H groups in total. The summed E-state index contributed by atoms with van der Waals surface area (Å²) in [6.45, 7) is 5.43. The summed E-state index contributed by atoms with van der Waals surface area (Å²) in [6, 6.07) is 0. The first kappa shape index (κ1) is 13.3. The van der Waals surface area contributed by atoms with Crippen molar-refractivity contribution in [3.8, 4) is 0 Å². The van der Waals surface area contributed by atoms with Crippen molar-refractivity contribution < 1.29 is 13.6 Å². The second-order valence-electron chi connectivity index (χ2n) is 2.26. The lowest BCUT2D eigenvalue weighted by molar-refractivity contribution is 0.286. The maximum atomic E-state index is 11.6. The molecule has 0 bridgehead atoms. The molecular weight excluding hydrogens is 231 g/mol. The minimum Gasteiger partial charge on any atom is -0.309 e. The molecule has 0 saturated carbocycles. The summed E-state index contributed by atoms with van der Waals surface area (Å²) in [4.78, 5) is 0.591. The highest BCUT2D eigenvalue weighted by Gasteiger charge is 2.18. The van der Waals surface area contributed by atoms with E-state index < -0.39 is 7.60 Å². The average Bonchev–Trinajstić information content (AvgIpc) is 2.13. The maximum absolute atomic E-state index is 11.6. The molecule has 3 nitrogen and oxygen atoms in total. The molecule has 0 radical (unpaired) electrons. The van der Waals surface area contributed by atoms with Crippen LogP contribution in [-0.4, -0.2) is 14.2 Å². The van der Waals surface area contributed by atoms with Crippen molar-refractivity contribution in [3.05, 3.63) is 22.9 Å². The number of rotatable bonds is 5. The number of hydrogen-bond donors (Lipinski definition) is 0. The van der Waals surface area contributed by atoms with Gasteiger partial charge in [0.15, 0.2) is 0 Å². The van der Waals surface area contributed by atoms with Gasteiger partial charge in [0.05, 0.1) is 0 Å². The fourth-order valence-corrected chi connectivity index (χ4v) is 2.82. The van der Waals surface area contributed by atoms with Crippen molar-refractivity contribution in [2.75, 3.05) is 14.2 Å². The molecule has 6 heteroatoms. The Balaban J connectivity index is 4.86. The van der Waals surface area contributed by atoms with E-state index in [4.69, 9.17) is 19.7 Å². The fourth-order valence-electron chi connectivity index (χ4n) is 0.520. The first-order chi connectivity index (χ1) is 5.99. The lowest BCUT2D eigenvalue weighted by Gasteiger charge is -2.10. The van der Waals surface area contributed by atoms with Gasteiger partial charge in [0.25, 0.3) is 0 Å². The Morgan fingerprint density at radius 3 is 2.23 bits per heavy atom. The molecule has 0 saturated heterocycles. The zero-order valence-electron chi connectivity index (χ0n) is 7.74. The zero-order valence-corrected chi connectivity index (χ0v) is 10.2. The first-order valence-corrected chi connectivity index (χ1v) is 6.63. The minimum absolute atomic E-state index is 0.591. The van der Waals surface area contributed by atoms with Crippen molar-refractivity contribution in [3.63, 3.8) is 0 Å². The van der Waals surface area contributed by atoms with Crippen molar-refractivity contribution in [2.45, 2.75) is 6.92 Å². The van der Waals surface area contributed by atoms with E-state index in [0.717, 1.165) is 11.0 Å². The molecule has 0 aliphatic carbocycles. The molecule has 0 aromatic heterocycles. The molecule has 0 aromatic carbocycles. The van der Waals surface area contributed by atoms with Crippen LogP contribution >= 0.6 is 29.3 Å². The Labute approximate surface area is 87.2 Å². The Bertz CT molecular complexity index is 256. The highest BCUT2D eigenvalue weighted by molar-refractivity contribution is 8.24. The number of allylic oxidation sites excluding steroid dienone is 1. The quantitative estimate of drug-likeness (QED) is 0.543. The van der Waals surface area contributed by atoms with Crippen molar-refractivity contribution in [1.29, 1.82) is 0 Å². The number of halogens is 1. The summed E-state index contributed by atoms with van der Waals surface area (Å²) < 4.78 is 21.0. The Morgan fingerprint density at radius 2 is 2.00 bits per heavy atom. The molecule has 76 valence electrons. The highest BCUT2D eigenvalue weighted by atomic mass is 35.7. The summed E-state index contributed by atoms with van der Waals surface area (Å²) >= 11 is 0. The van der Waals surface area contributed by atoms with Crippen LogP contribution in [0, 0.1) is 0 Å². The van der Waals surface area contributed by atoms with E-state index in [-0.39, 0.29) is 0 Å². The topological polar surface area (TPSA) is 35.5 Å². The molecule has 0 atom stereocenters. The van der Waals surface area contributed by atoms with Crippen LogP contribution in [0.2, 0.25) is 0 Å². The van der Waals surface area contributed by atoms with Gasteiger partial charge in [-0.05, 0) is 34.2 Å². The third-order valence-electron chi connectivity index (χ3n) is 1.29. The second kappa shape index (κ2) is 5.89. The zero-order chi connectivity index (χ0) is 10.5. The van der Waals surface area contributed by atoms with Crippen molar-refractivity contribution in [1.82, 2.24) is 0 Å². The molecule has 0 spiro atoms. The largest absolute Gasteiger partial charge is 0.354 e. The molecule has 0 amide bonds. The van der Waals surface area contributed by atoms with Gasteiger partial charge in [-0.1, -0.05) is 6.58 Å². The van der Waals surface area contributed by atoms with E-state index in [1.165, 1.54) is 20.0 Å². The van der Waals surface area contributed by atoms with E-state index >= 15 is 0 Å². The monoisotopic (exact) mass is 242 g/mol. The lowest BCUT2D eigenvalue weighted by Crippen LogP contribution is -1.86. The summed E-state index contributed by atoms with van der Waals surface area (Å²) in [6.07, 6.45) is 0. The SMILES string of the molecule is C=C(C)/C(=C\P(=O)(OC)OC)SCl. The Kier molecular flexibility index (Phi) is 6.01. The average molecular weight is 243 g/mol. The van der Waals surface area contributed by atoms with Gasteiger partial charge in [0.1, 0.15) is 0 Å². The third-order valence-corrected chi connectivity index (χ3v) is 4.19. The smallest absolute Gasteiger partial charge is 0.309 e. The van der Waals surface area contributed by atoms with Gasteiger partial charge in [-0.25, -0.2) is 0 Å². The second-order valence-corrected chi connectivity index (χ2v) is 5.38. The number of hydrogen-bond acceptors (Lipinski definition) is 4. The van der Waals surface area contributed by atoms with Gasteiger partial charge < -0.3 is 9.05 Å². The lowest BCUT2D eigenvalue weighted by atomic mass is 10.3. The van der Waals surface area contributed by atoms with Gasteiger partial charge >= 0.3 is 7.60 Å². The fraction of sp³-hybridized carbons (Fsp3) is 0.429. The van der Waals surface area contributed by atoms with Crippen LogP contribution in [0.3, 0.4) is 0 Å². The van der Waals surface area contributed by atoms with Crippen molar-refractivity contribution >= 4 is 29.3 Å². The standard InChI is InChI=1S/C7H12ClO3PS/c1-6(2)7(13-8)5-12(9,10-3)11-4/h5H,1H2,2-4H3/b7-5+. The molecule has 0 aromatic rings. The van der Waals surface area contributed by atoms with Gasteiger partial charge in [-0.15, -0.1) is 0 Å². The van der Waals surface area contributed by atoms with Crippen LogP contribution in [0.5, 0.6) is 0 Å². The van der Waals surface area contributed by atoms with Gasteiger partial charge in [0.2, 0.25) is 0 Å². The van der Waals surface area contributed by atoms with E-state index in [9.17, 15) is 4.57 Å². The van der Waals surface area contributed by atoms with Gasteiger partial charge in [-0.2, -0.15) is 0 Å². The molecule has 0 rings (SSSR count). The molecule has 13 heavy (non-hydrogen) atoms. The summed E-state index contributed by atoms with van der Waals surface area (Å²) in [5.74, 6) is 1.35. The Morgan fingerprint density at radius 1 is 1.54 bits per heavy atom. The summed E-state index contributed by atoms with van der Waals surface area (Å²) in [7, 11) is 5.97. The normalized spacial score (nSPS) is 13.1. The van der Waals surface area contributed by atoms with E-state index in [2.05, 4.69) is 6.58 Å². The first-order valence-electron chi connectivity index (χ1n) is 3.37. The minimum atomic E-state index is -3.14. The van der Waals surface area contributed by atoms with E-state index in [1.807, 2.05) is 0 Å². The summed E-state index contributed by atoms with van der Waals surface area (Å²) in [5, 5.41) is 0. The van der Waals surface area contributed by atoms with Gasteiger partial charge in [0, 0.05) is 24.9 Å². The van der Waals surface area contributed by atoms with Crippen LogP contribution in [0.4, 0.5) is 0 Å². The highest BCUT2D eigenvalue weighted by Crippen LogP contribution is 2.51. The molecular formula is C7H12ClO3PS. The molecule has 0 aliphatic heterocycles. The summed E-state index contributed by atoms with van der Waals surface area (Å²) in [5.41, 5.74) is 0.717. The van der Waals surface area contributed by atoms with Crippen LogP contribution in [0.15, 0.2) is 22.9 Å². The van der Waals surface area contributed by atoms with Crippen molar-refractivity contribution in [2.24, 2.45) is 0 Å². The van der Waals surface area contributed by atoms with Gasteiger partial charge in [-0.3, -0.25) is 4.57 Å². The predicted molar refractivity (Wildman–Crippen MR) is 58.0 cm³/mol.